The molecule has 0 bridgehead atoms. The number of esters is 1. The number of rotatable bonds is 7. The number of carbonyl (C=O) groups is 2. The van der Waals surface area contributed by atoms with Gasteiger partial charge in [0.15, 0.2) is 5.78 Å². The fourth-order valence-electron chi connectivity index (χ4n) is 3.76. The van der Waals surface area contributed by atoms with Gasteiger partial charge in [0.2, 0.25) is 0 Å². The lowest BCUT2D eigenvalue weighted by atomic mass is 9.73. The van der Waals surface area contributed by atoms with Gasteiger partial charge in [-0.15, -0.1) is 0 Å². The molecule has 0 aromatic heterocycles. The highest BCUT2D eigenvalue weighted by Gasteiger charge is 2.40. The van der Waals surface area contributed by atoms with E-state index in [2.05, 4.69) is 0 Å². The molecule has 0 N–H and O–H groups in total. The summed E-state index contributed by atoms with van der Waals surface area (Å²) < 4.78 is 21.3. The van der Waals surface area contributed by atoms with Gasteiger partial charge in [-0.25, -0.2) is 0 Å². The zero-order chi connectivity index (χ0) is 21.7. The summed E-state index contributed by atoms with van der Waals surface area (Å²) >= 11 is 0. The van der Waals surface area contributed by atoms with Gasteiger partial charge in [-0.2, -0.15) is 0 Å². The number of allylic oxidation sites excluding steroid dienone is 2. The van der Waals surface area contributed by atoms with Crippen LogP contribution in [0.2, 0.25) is 0 Å². The van der Waals surface area contributed by atoms with Gasteiger partial charge < -0.3 is 18.9 Å². The number of hydrogen-bond donors (Lipinski definition) is 0. The van der Waals surface area contributed by atoms with Crippen LogP contribution in [0.15, 0.2) is 48.5 Å². The van der Waals surface area contributed by atoms with Crippen molar-refractivity contribution < 1.29 is 28.5 Å². The Kier molecular flexibility index (Phi) is 6.77. The zero-order valence-electron chi connectivity index (χ0n) is 17.6. The third kappa shape index (κ3) is 4.48. The molecule has 2 aromatic carbocycles. The summed E-state index contributed by atoms with van der Waals surface area (Å²) in [5.41, 5.74) is 2.47. The predicted octanol–water partition coefficient (Wildman–Crippen LogP) is 4.03. The SMILES string of the molecule is CCOC(=O)C1C(=O)C=C(c2cc(OC)cc(OC)c2)CC1c1cccc(OC)c1. The van der Waals surface area contributed by atoms with Gasteiger partial charge in [0, 0.05) is 12.0 Å². The van der Waals surface area contributed by atoms with Gasteiger partial charge in [-0.05, 0) is 60.4 Å². The molecule has 0 radical (unpaired) electrons. The smallest absolute Gasteiger partial charge is 0.317 e. The minimum absolute atomic E-state index is 0.219. The lowest BCUT2D eigenvalue weighted by Crippen LogP contribution is -2.34. The topological polar surface area (TPSA) is 71.1 Å². The summed E-state index contributed by atoms with van der Waals surface area (Å²) in [7, 11) is 4.74. The van der Waals surface area contributed by atoms with Gasteiger partial charge in [-0.3, -0.25) is 9.59 Å². The molecule has 0 aliphatic heterocycles. The van der Waals surface area contributed by atoms with Crippen molar-refractivity contribution in [3.63, 3.8) is 0 Å². The van der Waals surface area contributed by atoms with Crippen molar-refractivity contribution in [2.75, 3.05) is 27.9 Å². The normalized spacial score (nSPS) is 18.4. The first-order chi connectivity index (χ1) is 14.5. The molecule has 6 heteroatoms. The van der Waals surface area contributed by atoms with Crippen LogP contribution in [0, 0.1) is 5.92 Å². The molecule has 1 aliphatic rings. The van der Waals surface area contributed by atoms with E-state index in [1.807, 2.05) is 36.4 Å². The molecule has 0 heterocycles. The van der Waals surface area contributed by atoms with Crippen molar-refractivity contribution >= 4 is 17.3 Å². The number of carbonyl (C=O) groups excluding carboxylic acids is 2. The summed E-state index contributed by atoms with van der Waals surface area (Å²) in [6.07, 6.45) is 2.02. The van der Waals surface area contributed by atoms with E-state index in [1.165, 1.54) is 6.08 Å². The largest absolute Gasteiger partial charge is 0.497 e. The molecule has 158 valence electrons. The summed E-state index contributed by atoms with van der Waals surface area (Å²) in [5.74, 6) is -0.122. The van der Waals surface area contributed by atoms with Crippen LogP contribution in [-0.4, -0.2) is 39.7 Å². The maximum absolute atomic E-state index is 13.1. The van der Waals surface area contributed by atoms with Crippen LogP contribution in [0.3, 0.4) is 0 Å². The van der Waals surface area contributed by atoms with E-state index < -0.39 is 11.9 Å². The van der Waals surface area contributed by atoms with E-state index in [0.717, 1.165) is 16.7 Å². The number of benzene rings is 2. The number of methoxy groups -OCH3 is 3. The molecule has 0 saturated carbocycles. The molecular formula is C24H26O6. The minimum atomic E-state index is -0.895. The van der Waals surface area contributed by atoms with Gasteiger partial charge in [0.1, 0.15) is 23.2 Å². The summed E-state index contributed by atoms with van der Waals surface area (Å²) in [4.78, 5) is 25.7. The highest BCUT2D eigenvalue weighted by Crippen LogP contribution is 2.42. The molecule has 2 aromatic rings. The monoisotopic (exact) mass is 410 g/mol. The Balaban J connectivity index is 2.07. The van der Waals surface area contributed by atoms with Crippen molar-refractivity contribution in [2.45, 2.75) is 19.3 Å². The number of ether oxygens (including phenoxy) is 4. The Morgan fingerprint density at radius 3 is 2.23 bits per heavy atom. The minimum Gasteiger partial charge on any atom is -0.497 e. The van der Waals surface area contributed by atoms with Crippen LogP contribution in [0.1, 0.15) is 30.4 Å². The third-order valence-corrected chi connectivity index (χ3v) is 5.25. The Morgan fingerprint density at radius 1 is 0.967 bits per heavy atom. The fraction of sp³-hybridized carbons (Fsp3) is 0.333. The molecule has 6 nitrogen and oxygen atoms in total. The standard InChI is InChI=1S/C24H26O6/c1-5-30-24(26)23-21(15-7-6-8-18(9-15)27-2)12-17(13-22(23)25)16-10-19(28-3)14-20(11-16)29-4/h6-11,13-14,21,23H,5,12H2,1-4H3. The first-order valence-electron chi connectivity index (χ1n) is 9.79. The van der Waals surface area contributed by atoms with E-state index in [-0.39, 0.29) is 18.3 Å². The molecule has 2 atom stereocenters. The molecule has 0 saturated heterocycles. The molecule has 3 rings (SSSR count). The molecule has 0 spiro atoms. The van der Waals surface area contributed by atoms with Crippen LogP contribution < -0.4 is 14.2 Å². The summed E-state index contributed by atoms with van der Waals surface area (Å²) in [5, 5.41) is 0. The van der Waals surface area contributed by atoms with Crippen LogP contribution in [0.4, 0.5) is 0 Å². The average molecular weight is 410 g/mol. The van der Waals surface area contributed by atoms with Crippen LogP contribution in [0.25, 0.3) is 5.57 Å². The Bertz CT molecular complexity index is 940. The third-order valence-electron chi connectivity index (χ3n) is 5.25. The van der Waals surface area contributed by atoms with Gasteiger partial charge in [0.25, 0.3) is 0 Å². The van der Waals surface area contributed by atoms with E-state index in [9.17, 15) is 9.59 Å². The van der Waals surface area contributed by atoms with Crippen molar-refractivity contribution in [3.8, 4) is 17.2 Å². The molecule has 0 amide bonds. The second-order valence-corrected chi connectivity index (χ2v) is 6.99. The second kappa shape index (κ2) is 9.48. The highest BCUT2D eigenvalue weighted by atomic mass is 16.5. The first-order valence-corrected chi connectivity index (χ1v) is 9.79. The lowest BCUT2D eigenvalue weighted by Gasteiger charge is -2.30. The predicted molar refractivity (Wildman–Crippen MR) is 113 cm³/mol. The lowest BCUT2D eigenvalue weighted by molar-refractivity contribution is -0.151. The average Bonchev–Trinajstić information content (AvgIpc) is 2.78. The Hall–Kier alpha value is -3.28. The van der Waals surface area contributed by atoms with Gasteiger partial charge >= 0.3 is 5.97 Å². The number of hydrogen-bond acceptors (Lipinski definition) is 6. The van der Waals surface area contributed by atoms with Gasteiger partial charge in [-0.1, -0.05) is 12.1 Å². The van der Waals surface area contributed by atoms with E-state index >= 15 is 0 Å². The second-order valence-electron chi connectivity index (χ2n) is 6.99. The van der Waals surface area contributed by atoms with E-state index in [0.29, 0.717) is 23.7 Å². The molecule has 0 fully saturated rings. The van der Waals surface area contributed by atoms with Crippen LogP contribution >= 0.6 is 0 Å². The highest BCUT2D eigenvalue weighted by molar-refractivity contribution is 6.10. The van der Waals surface area contributed by atoms with E-state index in [1.54, 1.807) is 34.3 Å². The Labute approximate surface area is 176 Å². The van der Waals surface area contributed by atoms with Crippen molar-refractivity contribution in [1.82, 2.24) is 0 Å². The van der Waals surface area contributed by atoms with Gasteiger partial charge in [0.05, 0.1) is 27.9 Å². The number of ketones is 1. The molecular weight excluding hydrogens is 384 g/mol. The maximum Gasteiger partial charge on any atom is 0.317 e. The van der Waals surface area contributed by atoms with Crippen molar-refractivity contribution in [2.24, 2.45) is 5.92 Å². The molecule has 30 heavy (non-hydrogen) atoms. The zero-order valence-corrected chi connectivity index (χ0v) is 17.6. The maximum atomic E-state index is 13.1. The summed E-state index contributed by atoms with van der Waals surface area (Å²) in [6.45, 7) is 1.95. The Morgan fingerprint density at radius 2 is 1.63 bits per heavy atom. The summed E-state index contributed by atoms with van der Waals surface area (Å²) in [6, 6.07) is 12.9. The van der Waals surface area contributed by atoms with Crippen molar-refractivity contribution in [3.05, 3.63) is 59.7 Å². The fourth-order valence-corrected chi connectivity index (χ4v) is 3.76. The first kappa shape index (κ1) is 21.4. The molecule has 1 aliphatic carbocycles. The van der Waals surface area contributed by atoms with Crippen LogP contribution in [0.5, 0.6) is 17.2 Å². The van der Waals surface area contributed by atoms with E-state index in [4.69, 9.17) is 18.9 Å². The quantitative estimate of drug-likeness (QED) is 0.507. The molecule has 2 unspecified atom stereocenters. The van der Waals surface area contributed by atoms with Crippen molar-refractivity contribution in [1.29, 1.82) is 0 Å². The van der Waals surface area contributed by atoms with Crippen LogP contribution in [-0.2, 0) is 14.3 Å².